The van der Waals surface area contributed by atoms with Gasteiger partial charge in [-0.3, -0.25) is 14.1 Å². The number of nitrogens with one attached hydrogen (secondary N) is 1. The van der Waals surface area contributed by atoms with E-state index in [1.54, 1.807) is 24.5 Å². The molecule has 2 atom stereocenters. The molecular formula is C27H28F3N7O3. The van der Waals surface area contributed by atoms with Crippen molar-refractivity contribution in [2.24, 2.45) is 5.92 Å². The van der Waals surface area contributed by atoms with Crippen LogP contribution < -0.4 is 11.1 Å². The molecule has 210 valence electrons. The van der Waals surface area contributed by atoms with E-state index in [1.165, 1.54) is 12.1 Å². The van der Waals surface area contributed by atoms with Gasteiger partial charge in [0.1, 0.15) is 41.0 Å². The van der Waals surface area contributed by atoms with Gasteiger partial charge in [0.2, 0.25) is 0 Å². The van der Waals surface area contributed by atoms with E-state index in [9.17, 15) is 23.1 Å². The van der Waals surface area contributed by atoms with Crippen LogP contribution in [0.4, 0.5) is 24.8 Å². The molecule has 40 heavy (non-hydrogen) atoms. The van der Waals surface area contributed by atoms with Crippen LogP contribution >= 0.6 is 0 Å². The molecule has 0 bridgehead atoms. The lowest BCUT2D eigenvalue weighted by atomic mass is 10.1. The number of alkyl halides is 3. The fourth-order valence-electron chi connectivity index (χ4n) is 4.65. The Morgan fingerprint density at radius 3 is 2.62 bits per heavy atom. The standard InChI is InChI=1S/C27H28F3N7O3/c1-15(2)26(39)36-11-12-40-19(14-36)24-35-21(22-23(31)33-9-10-37(22)24)16-3-5-17(6-4-16)25(38)34-20-13-18(7-8-32-20)27(28,29)30/h3-10,13,15,19,26,39H,11-12,14H2,1-2H3,(H2,31,33)(H,32,34,38). The molecule has 5 rings (SSSR count). The molecule has 4 N–H and O–H groups in total. The summed E-state index contributed by atoms with van der Waals surface area (Å²) in [5, 5.41) is 13.0. The fourth-order valence-corrected chi connectivity index (χ4v) is 4.65. The first-order valence-corrected chi connectivity index (χ1v) is 12.6. The monoisotopic (exact) mass is 555 g/mol. The van der Waals surface area contributed by atoms with Gasteiger partial charge in [-0.15, -0.1) is 0 Å². The van der Waals surface area contributed by atoms with Crippen LogP contribution in [0.15, 0.2) is 55.0 Å². The Bertz CT molecular complexity index is 1520. The van der Waals surface area contributed by atoms with E-state index in [0.29, 0.717) is 42.3 Å². The molecule has 0 aliphatic carbocycles. The summed E-state index contributed by atoms with van der Waals surface area (Å²) in [6, 6.07) is 8.01. The van der Waals surface area contributed by atoms with E-state index in [2.05, 4.69) is 15.3 Å². The Hall–Kier alpha value is -4.07. The first-order chi connectivity index (χ1) is 19.0. The molecule has 1 saturated heterocycles. The molecule has 4 aromatic rings. The number of imidazole rings is 1. The van der Waals surface area contributed by atoms with E-state index < -0.39 is 30.0 Å². The van der Waals surface area contributed by atoms with E-state index >= 15 is 0 Å². The zero-order valence-corrected chi connectivity index (χ0v) is 21.8. The first-order valence-electron chi connectivity index (χ1n) is 12.6. The molecule has 10 nitrogen and oxygen atoms in total. The Labute approximate surface area is 227 Å². The van der Waals surface area contributed by atoms with Gasteiger partial charge in [-0.1, -0.05) is 26.0 Å². The number of fused-ring (bicyclic) bond motifs is 1. The number of pyridine rings is 1. The van der Waals surface area contributed by atoms with Crippen LogP contribution in [0.1, 0.15) is 41.7 Å². The van der Waals surface area contributed by atoms with Crippen molar-refractivity contribution in [1.82, 2.24) is 24.3 Å². The van der Waals surface area contributed by atoms with Crippen molar-refractivity contribution >= 4 is 23.1 Å². The lowest BCUT2D eigenvalue weighted by Crippen LogP contribution is -2.47. The number of carbonyl (C=O) groups excluding carboxylic acids is 1. The number of nitrogens with zero attached hydrogens (tertiary/aromatic N) is 5. The second-order valence-electron chi connectivity index (χ2n) is 9.82. The Balaban J connectivity index is 1.42. The number of amides is 1. The van der Waals surface area contributed by atoms with Gasteiger partial charge in [-0.05, 0) is 30.2 Å². The van der Waals surface area contributed by atoms with Gasteiger partial charge in [0.15, 0.2) is 0 Å². The van der Waals surface area contributed by atoms with Crippen molar-refractivity contribution in [3.8, 4) is 11.3 Å². The highest BCUT2D eigenvalue weighted by Crippen LogP contribution is 2.33. The third-order valence-electron chi connectivity index (χ3n) is 6.72. The maximum Gasteiger partial charge on any atom is 0.416 e. The van der Waals surface area contributed by atoms with Crippen molar-refractivity contribution in [1.29, 1.82) is 0 Å². The summed E-state index contributed by atoms with van der Waals surface area (Å²) in [6.07, 6.45) is -1.31. The number of morpholine rings is 1. The van der Waals surface area contributed by atoms with E-state index in [-0.39, 0.29) is 23.1 Å². The number of benzene rings is 1. The number of ether oxygens (including phenoxy) is 1. The number of nitrogens with two attached hydrogens (primary N) is 1. The van der Waals surface area contributed by atoms with E-state index in [4.69, 9.17) is 15.5 Å². The molecule has 1 fully saturated rings. The minimum atomic E-state index is -4.55. The van der Waals surface area contributed by atoms with Crippen molar-refractivity contribution in [3.63, 3.8) is 0 Å². The third kappa shape index (κ3) is 5.48. The number of halogens is 3. The lowest BCUT2D eigenvalue weighted by molar-refractivity contribution is -0.137. The second kappa shape index (κ2) is 10.8. The van der Waals surface area contributed by atoms with Crippen LogP contribution in [-0.2, 0) is 10.9 Å². The number of anilines is 2. The highest BCUT2D eigenvalue weighted by atomic mass is 19.4. The molecule has 1 aliphatic rings. The summed E-state index contributed by atoms with van der Waals surface area (Å²) in [4.78, 5) is 27.5. The van der Waals surface area contributed by atoms with E-state index in [1.807, 2.05) is 23.1 Å². The van der Waals surface area contributed by atoms with Crippen LogP contribution in [0.3, 0.4) is 0 Å². The summed E-state index contributed by atoms with van der Waals surface area (Å²) in [6.45, 7) is 5.34. The molecule has 2 unspecified atom stereocenters. The van der Waals surface area contributed by atoms with Crippen LogP contribution in [0.5, 0.6) is 0 Å². The minimum Gasteiger partial charge on any atom is -0.382 e. The van der Waals surface area contributed by atoms with Gasteiger partial charge < -0.3 is 20.9 Å². The highest BCUT2D eigenvalue weighted by molar-refractivity contribution is 6.04. The molecule has 4 heterocycles. The second-order valence-corrected chi connectivity index (χ2v) is 9.82. The highest BCUT2D eigenvalue weighted by Gasteiger charge is 2.32. The van der Waals surface area contributed by atoms with Crippen LogP contribution in [0.2, 0.25) is 0 Å². The van der Waals surface area contributed by atoms with Gasteiger partial charge in [-0.2, -0.15) is 13.2 Å². The maximum absolute atomic E-state index is 13.0. The van der Waals surface area contributed by atoms with Crippen LogP contribution in [0, 0.1) is 5.92 Å². The molecule has 0 saturated carbocycles. The number of aliphatic hydroxyl groups excluding tert-OH is 1. The molecule has 3 aromatic heterocycles. The largest absolute Gasteiger partial charge is 0.416 e. The minimum absolute atomic E-state index is 0.0475. The van der Waals surface area contributed by atoms with Crippen molar-refractivity contribution in [2.75, 3.05) is 30.7 Å². The molecule has 0 spiro atoms. The third-order valence-corrected chi connectivity index (χ3v) is 6.72. The fraction of sp³-hybridized carbons (Fsp3) is 0.333. The predicted molar refractivity (Wildman–Crippen MR) is 141 cm³/mol. The number of hydrogen-bond donors (Lipinski definition) is 3. The Morgan fingerprint density at radius 1 is 1.18 bits per heavy atom. The van der Waals surface area contributed by atoms with Crippen molar-refractivity contribution in [3.05, 3.63) is 71.9 Å². The average Bonchev–Trinajstić information content (AvgIpc) is 3.33. The molecule has 1 amide bonds. The normalized spacial score (nSPS) is 17.3. The summed E-state index contributed by atoms with van der Waals surface area (Å²) in [5.41, 5.74) is 7.28. The SMILES string of the molecule is CC(C)C(O)N1CCOC(c2nc(-c3ccc(C(=O)Nc4cc(C(F)(F)F)ccn4)cc3)c3c(N)nccn23)C1. The van der Waals surface area contributed by atoms with Gasteiger partial charge in [0, 0.05) is 42.8 Å². The average molecular weight is 556 g/mol. The van der Waals surface area contributed by atoms with E-state index in [0.717, 1.165) is 18.3 Å². The van der Waals surface area contributed by atoms with Crippen molar-refractivity contribution in [2.45, 2.75) is 32.4 Å². The number of carbonyl (C=O) groups is 1. The van der Waals surface area contributed by atoms with Gasteiger partial charge in [0.25, 0.3) is 5.91 Å². The molecule has 13 heteroatoms. The zero-order valence-electron chi connectivity index (χ0n) is 21.8. The van der Waals surface area contributed by atoms with Crippen molar-refractivity contribution < 1.29 is 27.8 Å². The quantitative estimate of drug-likeness (QED) is 0.326. The van der Waals surface area contributed by atoms with Gasteiger partial charge in [-0.25, -0.2) is 15.0 Å². The predicted octanol–water partition coefficient (Wildman–Crippen LogP) is 3.99. The number of hydrogen-bond acceptors (Lipinski definition) is 8. The number of aliphatic hydroxyl groups is 1. The van der Waals surface area contributed by atoms with Gasteiger partial charge in [0.05, 0.1) is 12.2 Å². The van der Waals surface area contributed by atoms with Gasteiger partial charge >= 0.3 is 6.18 Å². The molecule has 1 aromatic carbocycles. The Morgan fingerprint density at radius 2 is 1.93 bits per heavy atom. The molecular weight excluding hydrogens is 527 g/mol. The maximum atomic E-state index is 13.0. The van der Waals surface area contributed by atoms with Crippen LogP contribution in [0.25, 0.3) is 16.8 Å². The lowest BCUT2D eigenvalue weighted by Gasteiger charge is -2.36. The number of rotatable bonds is 6. The molecule has 0 radical (unpaired) electrons. The number of nitrogen functional groups attached to an aromatic ring is 1. The number of aromatic nitrogens is 4. The van der Waals surface area contributed by atoms with Crippen LogP contribution in [-0.4, -0.2) is 61.2 Å². The zero-order chi connectivity index (χ0) is 28.6. The Kier molecular flexibility index (Phi) is 7.45. The first kappa shape index (κ1) is 27.5. The topological polar surface area (TPSA) is 131 Å². The summed E-state index contributed by atoms with van der Waals surface area (Å²) >= 11 is 0. The summed E-state index contributed by atoms with van der Waals surface area (Å²) < 4.78 is 46.8. The molecule has 1 aliphatic heterocycles. The summed E-state index contributed by atoms with van der Waals surface area (Å²) in [7, 11) is 0. The smallest absolute Gasteiger partial charge is 0.382 e. The summed E-state index contributed by atoms with van der Waals surface area (Å²) in [5.74, 6) is 0.0676.